The predicted octanol–water partition coefficient (Wildman–Crippen LogP) is -2.62. The predicted molar refractivity (Wildman–Crippen MR) is 268 cm³/mol. The summed E-state index contributed by atoms with van der Waals surface area (Å²) >= 11 is 0. The number of carboxylic acid groups (broad SMARTS) is 3. The summed E-state index contributed by atoms with van der Waals surface area (Å²) in [6.45, 7) is 8.76. The molecule has 2 aromatic carbocycles. The van der Waals surface area contributed by atoms with Gasteiger partial charge in [0.1, 0.15) is 53.8 Å². The number of nitrogens with two attached hydrogens (primary N) is 2. The fourth-order valence-corrected chi connectivity index (χ4v) is 7.24. The van der Waals surface area contributed by atoms with Crippen LogP contribution in [0.15, 0.2) is 48.5 Å². The number of nitrogens with one attached hydrogen (secondary N) is 8. The number of phenolic OH excluding ortho intramolecular Hbond substituents is 2. The highest BCUT2D eigenvalue weighted by Gasteiger charge is 2.37. The third kappa shape index (κ3) is 22.8. The van der Waals surface area contributed by atoms with Crippen LogP contribution in [0.2, 0.25) is 0 Å². The molecule has 27 heteroatoms. The van der Waals surface area contributed by atoms with Gasteiger partial charge in [-0.1, -0.05) is 65.8 Å². The Morgan fingerprint density at radius 3 is 1.32 bits per heavy atom. The number of carbonyl (C=O) groups is 12. The van der Waals surface area contributed by atoms with E-state index < -0.39 is 157 Å². The molecule has 9 amide bonds. The summed E-state index contributed by atoms with van der Waals surface area (Å²) in [7, 11) is 0. The van der Waals surface area contributed by atoms with Crippen molar-refractivity contribution in [3.8, 4) is 11.5 Å². The van der Waals surface area contributed by atoms with Gasteiger partial charge in [-0.25, -0.2) is 4.79 Å². The van der Waals surface area contributed by atoms with Crippen molar-refractivity contribution >= 4 is 71.1 Å². The van der Waals surface area contributed by atoms with Gasteiger partial charge in [-0.15, -0.1) is 0 Å². The highest BCUT2D eigenvalue weighted by atomic mass is 16.4. The standard InChI is InChI=1S/C49H70N10O17/c1-23(2)17-31(54-44(70)34(21-39(66)67)53-37(63)22-52-42(68)30(50)15-16-38(64)65)45(71)58-40(24(3)4)47(73)55-32(18-26-7-11-28(60)12-8-26)46(72)59-41(25(5)6)48(74)56-33(20-36(51)62)43(69)57-35(49(75)76)19-27-9-13-29(61)14-10-27/h7-14,23-25,30-35,40-41,60-61H,15-22,50H2,1-6H3,(H2,51,62)(H,52,68)(H,53,63)(H,54,70)(H,55,73)(H,56,74)(H,57,69)(H,58,71)(H,59,72)(H,64,65)(H,66,67)(H,75,76)/t30-,31-,32-,33-,34-,35-,40-,41-/m0/s1. The minimum atomic E-state index is -1.79. The van der Waals surface area contributed by atoms with E-state index in [0.717, 1.165) is 0 Å². The number of aliphatic carboxylic acids is 3. The van der Waals surface area contributed by atoms with E-state index in [0.29, 0.717) is 11.1 Å². The lowest BCUT2D eigenvalue weighted by atomic mass is 9.98. The second-order valence-corrected chi connectivity index (χ2v) is 19.1. The number of carbonyl (C=O) groups excluding carboxylic acids is 9. The molecule has 17 N–H and O–H groups in total. The molecular weight excluding hydrogens is 1000 g/mol. The van der Waals surface area contributed by atoms with Crippen LogP contribution in [-0.4, -0.2) is 151 Å². The van der Waals surface area contributed by atoms with Gasteiger partial charge in [0, 0.05) is 19.3 Å². The van der Waals surface area contributed by atoms with E-state index in [-0.39, 0.29) is 43.1 Å². The molecule has 0 aliphatic carbocycles. The first-order valence-electron chi connectivity index (χ1n) is 24.1. The second-order valence-electron chi connectivity index (χ2n) is 19.1. The second kappa shape index (κ2) is 30.7. The van der Waals surface area contributed by atoms with Crippen molar-refractivity contribution in [2.24, 2.45) is 29.2 Å². The van der Waals surface area contributed by atoms with Crippen LogP contribution in [0.1, 0.15) is 84.8 Å². The molecule has 0 saturated carbocycles. The molecular formula is C49H70N10O17. The summed E-state index contributed by atoms with van der Waals surface area (Å²) < 4.78 is 0. The number of benzene rings is 2. The van der Waals surface area contributed by atoms with Crippen LogP contribution in [0.3, 0.4) is 0 Å². The van der Waals surface area contributed by atoms with Gasteiger partial charge in [-0.3, -0.25) is 52.7 Å². The first kappa shape index (κ1) is 63.8. The zero-order valence-corrected chi connectivity index (χ0v) is 42.9. The van der Waals surface area contributed by atoms with Crippen LogP contribution in [0.25, 0.3) is 0 Å². The number of carboxylic acids is 3. The molecule has 0 fully saturated rings. The lowest BCUT2D eigenvalue weighted by Crippen LogP contribution is -2.62. The molecule has 0 aliphatic heterocycles. The normalized spacial score (nSPS) is 14.2. The molecule has 8 atom stereocenters. The quantitative estimate of drug-likeness (QED) is 0.0357. The monoisotopic (exact) mass is 1070 g/mol. The summed E-state index contributed by atoms with van der Waals surface area (Å²) in [6.07, 6.45) is -3.05. The molecule has 0 radical (unpaired) electrons. The number of amides is 9. The van der Waals surface area contributed by atoms with E-state index >= 15 is 0 Å². The maximum absolute atomic E-state index is 14.3. The molecule has 0 aromatic heterocycles. The highest BCUT2D eigenvalue weighted by Crippen LogP contribution is 2.16. The molecule has 2 rings (SSSR count). The molecule has 2 aromatic rings. The average molecular weight is 1070 g/mol. The zero-order valence-electron chi connectivity index (χ0n) is 42.9. The molecule has 0 heterocycles. The van der Waals surface area contributed by atoms with Gasteiger partial charge in [0.25, 0.3) is 0 Å². The summed E-state index contributed by atoms with van der Waals surface area (Å²) in [4.78, 5) is 155. The number of primary amides is 1. The van der Waals surface area contributed by atoms with Crippen LogP contribution in [0.5, 0.6) is 11.5 Å². The Hall–Kier alpha value is -8.36. The molecule has 0 unspecified atom stereocenters. The van der Waals surface area contributed by atoms with Crippen molar-refractivity contribution < 1.29 is 83.1 Å². The average Bonchev–Trinajstić information content (AvgIpc) is 3.32. The van der Waals surface area contributed by atoms with Gasteiger partial charge < -0.3 is 79.5 Å². The van der Waals surface area contributed by atoms with Crippen LogP contribution >= 0.6 is 0 Å². The van der Waals surface area contributed by atoms with Crippen LogP contribution in [0, 0.1) is 17.8 Å². The summed E-state index contributed by atoms with van der Waals surface area (Å²) in [5.74, 6) is -15.2. The van der Waals surface area contributed by atoms with Gasteiger partial charge in [0.05, 0.1) is 25.4 Å². The Balaban J connectivity index is 2.38. The van der Waals surface area contributed by atoms with Crippen molar-refractivity contribution in [1.82, 2.24) is 42.5 Å². The maximum atomic E-state index is 14.3. The Bertz CT molecular complexity index is 2400. The van der Waals surface area contributed by atoms with Gasteiger partial charge >= 0.3 is 17.9 Å². The third-order valence-electron chi connectivity index (χ3n) is 11.3. The molecule has 27 nitrogen and oxygen atoms in total. The largest absolute Gasteiger partial charge is 0.508 e. The number of hydrogen-bond acceptors (Lipinski definition) is 15. The molecule has 0 spiro atoms. The number of hydrogen-bond donors (Lipinski definition) is 15. The van der Waals surface area contributed by atoms with Crippen LogP contribution < -0.4 is 54.0 Å². The van der Waals surface area contributed by atoms with Gasteiger partial charge in [0.2, 0.25) is 53.2 Å². The van der Waals surface area contributed by atoms with Crippen molar-refractivity contribution in [1.29, 1.82) is 0 Å². The molecule has 76 heavy (non-hydrogen) atoms. The third-order valence-corrected chi connectivity index (χ3v) is 11.3. The lowest BCUT2D eigenvalue weighted by Gasteiger charge is -2.30. The van der Waals surface area contributed by atoms with E-state index in [1.165, 1.54) is 62.4 Å². The lowest BCUT2D eigenvalue weighted by molar-refractivity contribution is -0.142. The minimum absolute atomic E-state index is 0.0749. The molecule has 0 bridgehead atoms. The fourth-order valence-electron chi connectivity index (χ4n) is 7.24. The number of phenols is 2. The first-order valence-corrected chi connectivity index (χ1v) is 24.1. The van der Waals surface area contributed by atoms with E-state index in [2.05, 4.69) is 42.5 Å². The van der Waals surface area contributed by atoms with Gasteiger partial charge in [0.15, 0.2) is 0 Å². The maximum Gasteiger partial charge on any atom is 0.326 e. The van der Waals surface area contributed by atoms with Crippen LogP contribution in [-0.2, 0) is 70.4 Å². The fraction of sp³-hybridized carbons (Fsp3) is 0.510. The summed E-state index contributed by atoms with van der Waals surface area (Å²) in [5, 5.41) is 66.9. The zero-order chi connectivity index (χ0) is 57.6. The Morgan fingerprint density at radius 1 is 0.487 bits per heavy atom. The topological polar surface area (TPSA) is 454 Å². The first-order chi connectivity index (χ1) is 35.5. The van der Waals surface area contributed by atoms with Gasteiger partial charge in [-0.2, -0.15) is 0 Å². The van der Waals surface area contributed by atoms with Gasteiger partial charge in [-0.05, 0) is 66.0 Å². The smallest absolute Gasteiger partial charge is 0.326 e. The number of rotatable bonds is 32. The van der Waals surface area contributed by atoms with E-state index in [1.807, 2.05) is 0 Å². The van der Waals surface area contributed by atoms with Crippen molar-refractivity contribution in [3.63, 3.8) is 0 Å². The van der Waals surface area contributed by atoms with E-state index in [1.54, 1.807) is 27.7 Å². The highest BCUT2D eigenvalue weighted by molar-refractivity contribution is 5.99. The summed E-state index contributed by atoms with van der Waals surface area (Å²) in [6, 6.07) is -1.27. The van der Waals surface area contributed by atoms with Crippen molar-refractivity contribution in [3.05, 3.63) is 59.7 Å². The Kier molecular flexibility index (Phi) is 25.8. The Labute approximate surface area is 437 Å². The van der Waals surface area contributed by atoms with Crippen LogP contribution in [0.4, 0.5) is 0 Å². The SMILES string of the molecule is CC(C)C[C@H](NC(=O)[C@H](CC(=O)O)NC(=O)CNC(=O)[C@@H](N)CCC(=O)O)C(=O)N[C@H](C(=O)N[C@@H](Cc1ccc(O)cc1)C(=O)N[C@H](C(=O)N[C@@H](CC(N)=O)C(=O)N[C@@H](Cc1ccc(O)cc1)C(=O)O)C(C)C)C(C)C. The molecule has 418 valence electrons. The van der Waals surface area contributed by atoms with E-state index in [9.17, 15) is 78.0 Å². The summed E-state index contributed by atoms with van der Waals surface area (Å²) in [5.41, 5.74) is 11.9. The van der Waals surface area contributed by atoms with Crippen molar-refractivity contribution in [2.45, 2.75) is 135 Å². The Morgan fingerprint density at radius 2 is 0.895 bits per heavy atom. The number of aromatic hydroxyl groups is 2. The van der Waals surface area contributed by atoms with E-state index in [4.69, 9.17) is 16.6 Å². The van der Waals surface area contributed by atoms with Crippen molar-refractivity contribution in [2.75, 3.05) is 6.54 Å². The molecule has 0 aliphatic rings. The molecule has 0 saturated heterocycles. The minimum Gasteiger partial charge on any atom is -0.508 e.